The number of aliphatic hydroxyl groups excluding tert-OH is 1. The van der Waals surface area contributed by atoms with E-state index in [1.807, 2.05) is 18.2 Å². The highest BCUT2D eigenvalue weighted by Gasteiger charge is 2.32. The molecular formula is C21H26N2O4. The van der Waals surface area contributed by atoms with Gasteiger partial charge in [0.25, 0.3) is 5.69 Å². The van der Waals surface area contributed by atoms with Crippen LogP contribution in [0.15, 0.2) is 54.6 Å². The molecule has 1 fully saturated rings. The van der Waals surface area contributed by atoms with E-state index in [1.165, 1.54) is 30.5 Å². The van der Waals surface area contributed by atoms with E-state index in [9.17, 15) is 15.2 Å². The van der Waals surface area contributed by atoms with Gasteiger partial charge in [-0.3, -0.25) is 15.0 Å². The summed E-state index contributed by atoms with van der Waals surface area (Å²) >= 11 is 0. The minimum atomic E-state index is -0.672. The molecule has 0 amide bonds. The summed E-state index contributed by atoms with van der Waals surface area (Å²) in [4.78, 5) is 12.7. The summed E-state index contributed by atoms with van der Waals surface area (Å²) < 4.78 is 5.58. The lowest BCUT2D eigenvalue weighted by atomic mass is 10.1. The van der Waals surface area contributed by atoms with Crippen molar-refractivity contribution >= 4 is 5.69 Å². The van der Waals surface area contributed by atoms with Gasteiger partial charge >= 0.3 is 0 Å². The summed E-state index contributed by atoms with van der Waals surface area (Å²) in [6.07, 6.45) is 1.81. The number of nitrogens with zero attached hydrogens (tertiary/aromatic N) is 2. The molecule has 3 rings (SSSR count). The predicted octanol–water partition coefficient (Wildman–Crippen LogP) is 3.64. The molecule has 1 saturated carbocycles. The number of benzene rings is 2. The average molecular weight is 370 g/mol. The summed E-state index contributed by atoms with van der Waals surface area (Å²) in [5, 5.41) is 21.3. The van der Waals surface area contributed by atoms with Crippen LogP contribution in [0.5, 0.6) is 5.75 Å². The van der Waals surface area contributed by atoms with Crippen LogP contribution >= 0.6 is 0 Å². The van der Waals surface area contributed by atoms with Crippen LogP contribution in [0, 0.1) is 16.0 Å². The molecule has 2 aromatic carbocycles. The van der Waals surface area contributed by atoms with Crippen LogP contribution in [0.1, 0.15) is 25.3 Å². The van der Waals surface area contributed by atoms with Crippen LogP contribution in [0.3, 0.4) is 0 Å². The third-order valence-corrected chi connectivity index (χ3v) is 5.02. The molecule has 0 aliphatic heterocycles. The Labute approximate surface area is 159 Å². The fourth-order valence-corrected chi connectivity index (χ4v) is 3.27. The molecule has 2 aromatic rings. The first kappa shape index (κ1) is 19.3. The molecular weight excluding hydrogens is 344 g/mol. The standard InChI is InChI=1S/C21H26N2O4/c1-16(18-10-11-18)22(13-17-6-3-2-4-7-17)14-20(24)15-27-21-9-5-8-19(12-21)23(25)26/h2-9,12,16,18,20,24H,10-11,13-15H2,1H3. The zero-order valence-electron chi connectivity index (χ0n) is 15.5. The molecule has 27 heavy (non-hydrogen) atoms. The number of aliphatic hydroxyl groups is 1. The number of non-ortho nitro benzene ring substituents is 1. The molecule has 6 heteroatoms. The Balaban J connectivity index is 1.57. The fourth-order valence-electron chi connectivity index (χ4n) is 3.27. The number of nitro groups is 1. The molecule has 0 aromatic heterocycles. The lowest BCUT2D eigenvalue weighted by Gasteiger charge is -2.31. The van der Waals surface area contributed by atoms with Gasteiger partial charge in [-0.05, 0) is 37.3 Å². The lowest BCUT2D eigenvalue weighted by molar-refractivity contribution is -0.384. The van der Waals surface area contributed by atoms with Gasteiger partial charge in [0.05, 0.1) is 11.0 Å². The number of ether oxygens (including phenoxy) is 1. The maximum absolute atomic E-state index is 10.8. The van der Waals surface area contributed by atoms with Crippen molar-refractivity contribution in [1.29, 1.82) is 0 Å². The molecule has 1 aliphatic carbocycles. The van der Waals surface area contributed by atoms with Gasteiger partial charge in [0, 0.05) is 25.2 Å². The van der Waals surface area contributed by atoms with E-state index < -0.39 is 11.0 Å². The largest absolute Gasteiger partial charge is 0.491 e. The first-order valence-corrected chi connectivity index (χ1v) is 9.36. The smallest absolute Gasteiger partial charge is 0.273 e. The van der Waals surface area contributed by atoms with Gasteiger partial charge in [0.1, 0.15) is 18.5 Å². The molecule has 2 atom stereocenters. The van der Waals surface area contributed by atoms with Crippen molar-refractivity contribution < 1.29 is 14.8 Å². The second-order valence-corrected chi connectivity index (χ2v) is 7.21. The second kappa shape index (κ2) is 8.97. The first-order chi connectivity index (χ1) is 13.0. The van der Waals surface area contributed by atoms with Gasteiger partial charge in [-0.1, -0.05) is 36.4 Å². The minimum Gasteiger partial charge on any atom is -0.491 e. The summed E-state index contributed by atoms with van der Waals surface area (Å²) in [5.74, 6) is 1.09. The third-order valence-electron chi connectivity index (χ3n) is 5.02. The number of hydrogen-bond acceptors (Lipinski definition) is 5. The Morgan fingerprint density at radius 2 is 1.96 bits per heavy atom. The van der Waals surface area contributed by atoms with E-state index in [4.69, 9.17) is 4.74 Å². The van der Waals surface area contributed by atoms with Crippen molar-refractivity contribution in [2.24, 2.45) is 5.92 Å². The Morgan fingerprint density at radius 1 is 1.22 bits per heavy atom. The van der Waals surface area contributed by atoms with Gasteiger partial charge in [-0.25, -0.2) is 0 Å². The van der Waals surface area contributed by atoms with Crippen molar-refractivity contribution in [3.8, 4) is 5.75 Å². The monoisotopic (exact) mass is 370 g/mol. The third kappa shape index (κ3) is 5.77. The molecule has 144 valence electrons. The van der Waals surface area contributed by atoms with E-state index in [0.29, 0.717) is 24.3 Å². The van der Waals surface area contributed by atoms with Crippen LogP contribution in [-0.2, 0) is 6.54 Å². The summed E-state index contributed by atoms with van der Waals surface area (Å²) in [6, 6.07) is 16.7. The van der Waals surface area contributed by atoms with Gasteiger partial charge in [-0.15, -0.1) is 0 Å². The van der Waals surface area contributed by atoms with Crippen molar-refractivity contribution in [1.82, 2.24) is 4.90 Å². The zero-order valence-corrected chi connectivity index (χ0v) is 15.5. The Hall–Kier alpha value is -2.44. The summed E-state index contributed by atoms with van der Waals surface area (Å²) in [5.41, 5.74) is 1.20. The molecule has 1 aliphatic rings. The van der Waals surface area contributed by atoms with Gasteiger partial charge in [0.2, 0.25) is 0 Å². The number of nitro benzene ring substituents is 1. The SMILES string of the molecule is CC(C1CC1)N(Cc1ccccc1)CC(O)COc1cccc([N+](=O)[O-])c1. The molecule has 6 nitrogen and oxygen atoms in total. The summed E-state index contributed by atoms with van der Waals surface area (Å²) in [7, 11) is 0. The topological polar surface area (TPSA) is 75.8 Å². The molecule has 1 N–H and O–H groups in total. The van der Waals surface area contributed by atoms with Crippen molar-refractivity contribution in [2.75, 3.05) is 13.2 Å². The molecule has 0 saturated heterocycles. The van der Waals surface area contributed by atoms with Crippen LogP contribution in [0.2, 0.25) is 0 Å². The highest BCUT2D eigenvalue weighted by atomic mass is 16.6. The van der Waals surface area contributed by atoms with E-state index in [0.717, 1.165) is 6.54 Å². The highest BCUT2D eigenvalue weighted by Crippen LogP contribution is 2.35. The van der Waals surface area contributed by atoms with Gasteiger partial charge in [-0.2, -0.15) is 0 Å². The highest BCUT2D eigenvalue weighted by molar-refractivity contribution is 5.37. The van der Waals surface area contributed by atoms with E-state index in [1.54, 1.807) is 12.1 Å². The molecule has 0 bridgehead atoms. The minimum absolute atomic E-state index is 0.0185. The Kier molecular flexibility index (Phi) is 6.42. The first-order valence-electron chi connectivity index (χ1n) is 9.36. The van der Waals surface area contributed by atoms with Crippen molar-refractivity contribution in [2.45, 2.75) is 38.5 Å². The zero-order chi connectivity index (χ0) is 19.2. The molecule has 0 radical (unpaired) electrons. The van der Waals surface area contributed by atoms with Gasteiger partial charge in [0.15, 0.2) is 0 Å². The second-order valence-electron chi connectivity index (χ2n) is 7.21. The maximum Gasteiger partial charge on any atom is 0.273 e. The fraction of sp³-hybridized carbons (Fsp3) is 0.429. The summed E-state index contributed by atoms with van der Waals surface area (Å²) in [6.45, 7) is 3.60. The lowest BCUT2D eigenvalue weighted by Crippen LogP contribution is -2.41. The van der Waals surface area contributed by atoms with Crippen LogP contribution in [0.25, 0.3) is 0 Å². The molecule has 0 spiro atoms. The van der Waals surface area contributed by atoms with E-state index in [-0.39, 0.29) is 12.3 Å². The van der Waals surface area contributed by atoms with Crippen LogP contribution in [0.4, 0.5) is 5.69 Å². The quantitative estimate of drug-likeness (QED) is 0.510. The molecule has 2 unspecified atom stereocenters. The van der Waals surface area contributed by atoms with E-state index in [2.05, 4.69) is 24.0 Å². The number of rotatable bonds is 10. The van der Waals surface area contributed by atoms with E-state index >= 15 is 0 Å². The Morgan fingerprint density at radius 3 is 2.63 bits per heavy atom. The van der Waals surface area contributed by atoms with Crippen molar-refractivity contribution in [3.05, 3.63) is 70.3 Å². The van der Waals surface area contributed by atoms with Crippen LogP contribution in [-0.4, -0.2) is 40.2 Å². The van der Waals surface area contributed by atoms with Crippen molar-refractivity contribution in [3.63, 3.8) is 0 Å². The predicted molar refractivity (Wildman–Crippen MR) is 104 cm³/mol. The van der Waals surface area contributed by atoms with Gasteiger partial charge < -0.3 is 9.84 Å². The Bertz CT molecular complexity index is 749. The molecule has 0 heterocycles. The normalized spacial score (nSPS) is 16.1. The average Bonchev–Trinajstić information content (AvgIpc) is 3.51. The van der Waals surface area contributed by atoms with Crippen LogP contribution < -0.4 is 4.74 Å². The maximum atomic E-state index is 10.8. The number of hydrogen-bond donors (Lipinski definition) is 1.